The van der Waals surface area contributed by atoms with E-state index in [0.29, 0.717) is 5.92 Å². The lowest BCUT2D eigenvalue weighted by Crippen LogP contribution is -2.33. The van der Waals surface area contributed by atoms with E-state index in [1.54, 1.807) is 6.20 Å². The first-order chi connectivity index (χ1) is 14.6. The Hall–Kier alpha value is -2.11. The Morgan fingerprint density at radius 2 is 2.00 bits per heavy atom. The van der Waals surface area contributed by atoms with E-state index < -0.39 is 0 Å². The number of imidazole rings is 1. The van der Waals surface area contributed by atoms with Gasteiger partial charge in [0.2, 0.25) is 0 Å². The smallest absolute Gasteiger partial charge is 0.177 e. The van der Waals surface area contributed by atoms with Crippen LogP contribution in [-0.4, -0.2) is 39.1 Å². The van der Waals surface area contributed by atoms with Gasteiger partial charge in [0, 0.05) is 18.3 Å². The van der Waals surface area contributed by atoms with E-state index in [9.17, 15) is 0 Å². The van der Waals surface area contributed by atoms with Crippen molar-refractivity contribution in [3.8, 4) is 5.75 Å². The fraction of sp³-hybridized carbons (Fsp3) is 0.500. The second-order valence-electron chi connectivity index (χ2n) is 8.95. The molecule has 3 heterocycles. The quantitative estimate of drug-likeness (QED) is 0.556. The first-order valence-corrected chi connectivity index (χ1v) is 11.4. The number of hydrogen-bond acceptors (Lipinski definition) is 4. The molecular formula is C24H29ClN4O. The highest BCUT2D eigenvalue weighted by atomic mass is 35.5. The Morgan fingerprint density at radius 1 is 1.20 bits per heavy atom. The van der Waals surface area contributed by atoms with Crippen LogP contribution in [0.15, 0.2) is 36.5 Å². The lowest BCUT2D eigenvalue weighted by molar-refractivity contribution is 0.196. The van der Waals surface area contributed by atoms with Crippen molar-refractivity contribution in [3.05, 3.63) is 52.9 Å². The summed E-state index contributed by atoms with van der Waals surface area (Å²) in [6.07, 6.45) is 5.32. The fourth-order valence-electron chi connectivity index (χ4n) is 4.61. The van der Waals surface area contributed by atoms with E-state index in [0.717, 1.165) is 78.7 Å². The van der Waals surface area contributed by atoms with Crippen molar-refractivity contribution in [1.29, 1.82) is 0 Å². The Balaban J connectivity index is 1.24. The van der Waals surface area contributed by atoms with Gasteiger partial charge < -0.3 is 9.30 Å². The highest BCUT2D eigenvalue weighted by Crippen LogP contribution is 2.40. The Labute approximate surface area is 183 Å². The summed E-state index contributed by atoms with van der Waals surface area (Å²) in [5.41, 5.74) is 3.20. The first kappa shape index (κ1) is 19.8. The minimum absolute atomic E-state index is 0.494. The van der Waals surface area contributed by atoms with Crippen LogP contribution < -0.4 is 4.74 Å². The molecule has 0 bridgehead atoms. The van der Waals surface area contributed by atoms with Crippen LogP contribution in [0, 0.1) is 11.8 Å². The number of aryl methyl sites for hydroxylation is 1. The van der Waals surface area contributed by atoms with Gasteiger partial charge in [-0.1, -0.05) is 18.5 Å². The van der Waals surface area contributed by atoms with E-state index in [4.69, 9.17) is 21.3 Å². The standard InChI is InChI=1S/C24H29ClN4O/c1-16-12-18(16)15-30-22-6-5-19(25)13-20(22)17-7-10-29(11-8-17)14-23-27-24-21(28(23)2)4-3-9-26-24/h3-6,9,13,16-18H,7-8,10-12,14-15H2,1-2H3. The number of halogens is 1. The van der Waals surface area contributed by atoms with Gasteiger partial charge in [0.1, 0.15) is 11.6 Å². The molecule has 30 heavy (non-hydrogen) atoms. The molecular weight excluding hydrogens is 396 g/mol. The van der Waals surface area contributed by atoms with E-state index >= 15 is 0 Å². The number of fused-ring (bicyclic) bond motifs is 1. The van der Waals surface area contributed by atoms with Gasteiger partial charge in [-0.05, 0) is 86.0 Å². The zero-order valence-corrected chi connectivity index (χ0v) is 18.5. The molecule has 3 aromatic rings. The van der Waals surface area contributed by atoms with Gasteiger partial charge in [0.05, 0.1) is 18.7 Å². The van der Waals surface area contributed by atoms with Crippen molar-refractivity contribution in [2.24, 2.45) is 18.9 Å². The second kappa shape index (κ2) is 8.20. The maximum absolute atomic E-state index is 6.34. The Bertz CT molecular complexity index is 1040. The predicted octanol–water partition coefficient (Wildman–Crippen LogP) is 5.04. The van der Waals surface area contributed by atoms with E-state index in [1.165, 1.54) is 12.0 Å². The normalized spacial score (nSPS) is 22.5. The lowest BCUT2D eigenvalue weighted by atomic mass is 9.88. The van der Waals surface area contributed by atoms with Gasteiger partial charge in [-0.3, -0.25) is 4.90 Å². The molecule has 0 spiro atoms. The minimum Gasteiger partial charge on any atom is -0.493 e. The SMILES string of the molecule is CC1CC1COc1ccc(Cl)cc1C1CCN(Cc2nc3ncccc3n2C)CC1. The summed E-state index contributed by atoms with van der Waals surface area (Å²) >= 11 is 6.34. The molecule has 1 aliphatic heterocycles. The van der Waals surface area contributed by atoms with Crippen LogP contribution in [0.2, 0.25) is 5.02 Å². The number of nitrogens with zero attached hydrogens (tertiary/aromatic N) is 4. The lowest BCUT2D eigenvalue weighted by Gasteiger charge is -2.32. The first-order valence-electron chi connectivity index (χ1n) is 11.0. The van der Waals surface area contributed by atoms with Crippen molar-refractivity contribution in [3.63, 3.8) is 0 Å². The molecule has 1 aliphatic carbocycles. The molecule has 2 aromatic heterocycles. The summed E-state index contributed by atoms with van der Waals surface area (Å²) in [7, 11) is 2.08. The molecule has 6 heteroatoms. The van der Waals surface area contributed by atoms with Crippen molar-refractivity contribution in [2.45, 2.75) is 38.6 Å². The van der Waals surface area contributed by atoms with Gasteiger partial charge in [0.25, 0.3) is 0 Å². The molecule has 2 fully saturated rings. The van der Waals surface area contributed by atoms with Crippen LogP contribution in [0.1, 0.15) is 43.5 Å². The molecule has 1 aromatic carbocycles. The van der Waals surface area contributed by atoms with Crippen molar-refractivity contribution in [2.75, 3.05) is 19.7 Å². The summed E-state index contributed by atoms with van der Waals surface area (Å²) in [4.78, 5) is 11.6. The van der Waals surface area contributed by atoms with Gasteiger partial charge in [-0.2, -0.15) is 0 Å². The molecule has 158 valence electrons. The van der Waals surface area contributed by atoms with Crippen LogP contribution in [0.4, 0.5) is 0 Å². The van der Waals surface area contributed by atoms with Gasteiger partial charge in [-0.25, -0.2) is 9.97 Å². The van der Waals surface area contributed by atoms with Gasteiger partial charge in [-0.15, -0.1) is 0 Å². The third-order valence-electron chi connectivity index (χ3n) is 6.84. The number of piperidine rings is 1. The number of rotatable bonds is 6. The molecule has 0 radical (unpaired) electrons. The van der Waals surface area contributed by atoms with E-state index in [-0.39, 0.29) is 0 Å². The highest BCUT2D eigenvalue weighted by molar-refractivity contribution is 6.30. The summed E-state index contributed by atoms with van der Waals surface area (Å²) in [5, 5.41) is 0.798. The highest BCUT2D eigenvalue weighted by Gasteiger charge is 2.33. The molecule has 1 saturated heterocycles. The average Bonchev–Trinajstić information content (AvgIpc) is 3.38. The van der Waals surface area contributed by atoms with Crippen molar-refractivity contribution >= 4 is 22.8 Å². The largest absolute Gasteiger partial charge is 0.493 e. The average molecular weight is 425 g/mol. The number of pyridine rings is 1. The third kappa shape index (κ3) is 4.06. The fourth-order valence-corrected chi connectivity index (χ4v) is 4.79. The summed E-state index contributed by atoms with van der Waals surface area (Å²) in [6, 6.07) is 10.2. The van der Waals surface area contributed by atoms with Gasteiger partial charge in [0.15, 0.2) is 5.65 Å². The minimum atomic E-state index is 0.494. The maximum atomic E-state index is 6.34. The Morgan fingerprint density at radius 3 is 2.73 bits per heavy atom. The predicted molar refractivity (Wildman–Crippen MR) is 120 cm³/mol. The zero-order valence-electron chi connectivity index (χ0n) is 17.7. The molecule has 2 unspecified atom stereocenters. The van der Waals surface area contributed by atoms with Crippen molar-refractivity contribution in [1.82, 2.24) is 19.4 Å². The molecule has 5 nitrogen and oxygen atoms in total. The Kier molecular flexibility index (Phi) is 5.42. The van der Waals surface area contributed by atoms with E-state index in [1.807, 2.05) is 12.1 Å². The number of benzene rings is 1. The zero-order chi connectivity index (χ0) is 20.7. The topological polar surface area (TPSA) is 43.2 Å². The monoisotopic (exact) mass is 424 g/mol. The van der Waals surface area contributed by atoms with Crippen LogP contribution in [0.3, 0.4) is 0 Å². The summed E-state index contributed by atoms with van der Waals surface area (Å²) in [6.45, 7) is 6.08. The molecule has 1 saturated carbocycles. The molecule has 0 amide bonds. The summed E-state index contributed by atoms with van der Waals surface area (Å²) < 4.78 is 8.38. The van der Waals surface area contributed by atoms with Crippen LogP contribution in [-0.2, 0) is 13.6 Å². The number of ether oxygens (including phenoxy) is 1. The van der Waals surface area contributed by atoms with Crippen LogP contribution >= 0.6 is 11.6 Å². The number of hydrogen-bond donors (Lipinski definition) is 0. The second-order valence-corrected chi connectivity index (χ2v) is 9.39. The third-order valence-corrected chi connectivity index (χ3v) is 7.08. The molecule has 0 N–H and O–H groups in total. The number of aromatic nitrogens is 3. The summed E-state index contributed by atoms with van der Waals surface area (Å²) in [5.74, 6) is 4.12. The van der Waals surface area contributed by atoms with Crippen molar-refractivity contribution < 1.29 is 4.74 Å². The molecule has 5 rings (SSSR count). The number of likely N-dealkylation sites (tertiary alicyclic amines) is 1. The molecule has 2 aliphatic rings. The van der Waals surface area contributed by atoms with Gasteiger partial charge >= 0.3 is 0 Å². The van der Waals surface area contributed by atoms with Crippen LogP contribution in [0.25, 0.3) is 11.2 Å². The molecule has 2 atom stereocenters. The van der Waals surface area contributed by atoms with E-state index in [2.05, 4.69) is 46.6 Å². The maximum Gasteiger partial charge on any atom is 0.177 e. The van der Waals surface area contributed by atoms with Crippen LogP contribution in [0.5, 0.6) is 5.75 Å².